The number of carbonyl (C=O) groups is 1. The fourth-order valence-electron chi connectivity index (χ4n) is 2.15. The summed E-state index contributed by atoms with van der Waals surface area (Å²) in [5.74, 6) is 0.636. The Kier molecular flexibility index (Phi) is 4.76. The predicted molar refractivity (Wildman–Crippen MR) is 72.3 cm³/mol. The summed E-state index contributed by atoms with van der Waals surface area (Å²) in [6.45, 7) is 4.29. The van der Waals surface area contributed by atoms with Crippen LogP contribution in [0.2, 0.25) is 0 Å². The molecule has 5 nitrogen and oxygen atoms in total. The molecule has 2 atom stereocenters. The van der Waals surface area contributed by atoms with E-state index < -0.39 is 0 Å². The molecule has 0 aromatic heterocycles. The van der Waals surface area contributed by atoms with Crippen LogP contribution in [0.25, 0.3) is 0 Å². The minimum absolute atomic E-state index is 0.0824. The van der Waals surface area contributed by atoms with E-state index in [1.807, 2.05) is 13.0 Å². The van der Waals surface area contributed by atoms with Crippen LogP contribution in [0.4, 0.5) is 0 Å². The van der Waals surface area contributed by atoms with Gasteiger partial charge in [0, 0.05) is 31.1 Å². The van der Waals surface area contributed by atoms with Crippen LogP contribution >= 0.6 is 0 Å². The smallest absolute Gasteiger partial charge is 0.251 e. The summed E-state index contributed by atoms with van der Waals surface area (Å²) in [6, 6.07) is 7.10. The molecule has 0 aliphatic carbocycles. The molecular formula is C14H20N2O3. The number of nitrogens with one attached hydrogen (secondary N) is 2. The van der Waals surface area contributed by atoms with Gasteiger partial charge >= 0.3 is 0 Å². The molecule has 1 saturated heterocycles. The first-order chi connectivity index (χ1) is 9.20. The molecule has 5 heteroatoms. The van der Waals surface area contributed by atoms with Gasteiger partial charge in [-0.2, -0.15) is 0 Å². The third-order valence-corrected chi connectivity index (χ3v) is 3.24. The van der Waals surface area contributed by atoms with Crippen molar-refractivity contribution in [2.24, 2.45) is 5.92 Å². The minimum Gasteiger partial charge on any atom is -0.494 e. The van der Waals surface area contributed by atoms with Crippen molar-refractivity contribution in [2.75, 3.05) is 26.2 Å². The summed E-state index contributed by atoms with van der Waals surface area (Å²) in [6.07, 6.45) is -0.380. The van der Waals surface area contributed by atoms with Gasteiger partial charge in [0.25, 0.3) is 5.91 Å². The number of benzene rings is 1. The van der Waals surface area contributed by atoms with Crippen molar-refractivity contribution < 1.29 is 14.6 Å². The van der Waals surface area contributed by atoms with Crippen molar-refractivity contribution in [2.45, 2.75) is 13.0 Å². The summed E-state index contributed by atoms with van der Waals surface area (Å²) >= 11 is 0. The number of hydrogen-bond donors (Lipinski definition) is 3. The van der Waals surface area contributed by atoms with Gasteiger partial charge in [-0.1, -0.05) is 6.07 Å². The molecule has 3 N–H and O–H groups in total. The molecule has 0 radical (unpaired) electrons. The van der Waals surface area contributed by atoms with Gasteiger partial charge in [-0.25, -0.2) is 0 Å². The van der Waals surface area contributed by atoms with Gasteiger partial charge in [-0.3, -0.25) is 4.79 Å². The van der Waals surface area contributed by atoms with Crippen molar-refractivity contribution in [1.29, 1.82) is 0 Å². The molecule has 19 heavy (non-hydrogen) atoms. The molecule has 0 bridgehead atoms. The van der Waals surface area contributed by atoms with Crippen LogP contribution in [0.15, 0.2) is 24.3 Å². The first-order valence-electron chi connectivity index (χ1n) is 6.60. The topological polar surface area (TPSA) is 70.6 Å². The molecule has 1 heterocycles. The molecule has 1 aromatic carbocycles. The highest BCUT2D eigenvalue weighted by Crippen LogP contribution is 2.13. The van der Waals surface area contributed by atoms with E-state index in [-0.39, 0.29) is 17.9 Å². The quantitative estimate of drug-likeness (QED) is 0.720. The van der Waals surface area contributed by atoms with Gasteiger partial charge in [-0.05, 0) is 25.1 Å². The Morgan fingerprint density at radius 3 is 3.05 bits per heavy atom. The molecule has 104 valence electrons. The molecule has 1 aromatic rings. The van der Waals surface area contributed by atoms with Gasteiger partial charge in [0.1, 0.15) is 5.75 Å². The first-order valence-corrected chi connectivity index (χ1v) is 6.60. The van der Waals surface area contributed by atoms with Crippen molar-refractivity contribution in [3.63, 3.8) is 0 Å². The average Bonchev–Trinajstić information content (AvgIpc) is 2.82. The van der Waals surface area contributed by atoms with Gasteiger partial charge in [0.05, 0.1) is 12.7 Å². The zero-order valence-electron chi connectivity index (χ0n) is 11.1. The maximum atomic E-state index is 12.0. The second-order valence-corrected chi connectivity index (χ2v) is 4.66. The van der Waals surface area contributed by atoms with Crippen LogP contribution in [-0.2, 0) is 0 Å². The Bertz CT molecular complexity index is 436. The summed E-state index contributed by atoms with van der Waals surface area (Å²) < 4.78 is 5.36. The zero-order valence-corrected chi connectivity index (χ0v) is 11.1. The SMILES string of the molecule is CCOc1cccc(C(=O)NCC2CNCC2O)c1. The Morgan fingerprint density at radius 2 is 2.37 bits per heavy atom. The standard InChI is InChI=1S/C14H20N2O3/c1-2-19-12-5-3-4-10(6-12)14(18)16-8-11-7-15-9-13(11)17/h3-6,11,13,15,17H,2,7-9H2,1H3,(H,16,18). The highest BCUT2D eigenvalue weighted by molar-refractivity contribution is 5.94. The predicted octanol–water partition coefficient (Wildman–Crippen LogP) is 0.395. The van der Waals surface area contributed by atoms with E-state index in [0.29, 0.717) is 31.0 Å². The second kappa shape index (κ2) is 6.54. The van der Waals surface area contributed by atoms with Crippen LogP contribution in [0.1, 0.15) is 17.3 Å². The summed E-state index contributed by atoms with van der Waals surface area (Å²) in [5.41, 5.74) is 0.575. The molecule has 1 amide bonds. The van der Waals surface area contributed by atoms with Gasteiger partial charge in [-0.15, -0.1) is 0 Å². The maximum Gasteiger partial charge on any atom is 0.251 e. The molecule has 1 aliphatic rings. The van der Waals surface area contributed by atoms with Crippen LogP contribution in [0, 0.1) is 5.92 Å². The first kappa shape index (κ1) is 13.8. The fraction of sp³-hybridized carbons (Fsp3) is 0.500. The van der Waals surface area contributed by atoms with Gasteiger partial charge < -0.3 is 20.5 Å². The summed E-state index contributed by atoms with van der Waals surface area (Å²) in [4.78, 5) is 12.0. The van der Waals surface area contributed by atoms with E-state index in [2.05, 4.69) is 10.6 Å². The number of carbonyl (C=O) groups excluding carboxylic acids is 1. The fourth-order valence-corrected chi connectivity index (χ4v) is 2.15. The van der Waals surface area contributed by atoms with Gasteiger partial charge in [0.15, 0.2) is 0 Å². The van der Waals surface area contributed by atoms with Crippen molar-refractivity contribution >= 4 is 5.91 Å². The lowest BCUT2D eigenvalue weighted by atomic mass is 10.1. The highest BCUT2D eigenvalue weighted by Gasteiger charge is 2.25. The minimum atomic E-state index is -0.380. The summed E-state index contributed by atoms with van der Waals surface area (Å²) in [7, 11) is 0. The third-order valence-electron chi connectivity index (χ3n) is 3.24. The number of hydrogen-bond acceptors (Lipinski definition) is 4. The Morgan fingerprint density at radius 1 is 1.53 bits per heavy atom. The number of ether oxygens (including phenoxy) is 1. The van der Waals surface area contributed by atoms with Crippen molar-refractivity contribution in [1.82, 2.24) is 10.6 Å². The Hall–Kier alpha value is -1.59. The Balaban J connectivity index is 1.90. The molecule has 1 aliphatic heterocycles. The monoisotopic (exact) mass is 264 g/mol. The van der Waals surface area contributed by atoms with E-state index in [1.165, 1.54) is 0 Å². The second-order valence-electron chi connectivity index (χ2n) is 4.66. The third kappa shape index (κ3) is 3.68. The number of aliphatic hydroxyl groups excluding tert-OH is 1. The molecule has 2 unspecified atom stereocenters. The van der Waals surface area contributed by atoms with Crippen molar-refractivity contribution in [3.05, 3.63) is 29.8 Å². The lowest BCUT2D eigenvalue weighted by Gasteiger charge is -2.14. The average molecular weight is 264 g/mol. The van der Waals surface area contributed by atoms with E-state index in [1.54, 1.807) is 18.2 Å². The van der Waals surface area contributed by atoms with Crippen LogP contribution in [0.5, 0.6) is 5.75 Å². The van der Waals surface area contributed by atoms with Crippen LogP contribution < -0.4 is 15.4 Å². The molecule has 0 saturated carbocycles. The highest BCUT2D eigenvalue weighted by atomic mass is 16.5. The lowest BCUT2D eigenvalue weighted by molar-refractivity contribution is 0.0926. The molecular weight excluding hydrogens is 244 g/mol. The van der Waals surface area contributed by atoms with Gasteiger partial charge in [0.2, 0.25) is 0 Å². The zero-order chi connectivity index (χ0) is 13.7. The number of aliphatic hydroxyl groups is 1. The molecule has 0 spiro atoms. The van der Waals surface area contributed by atoms with E-state index in [9.17, 15) is 9.90 Å². The number of amides is 1. The maximum absolute atomic E-state index is 12.0. The summed E-state index contributed by atoms with van der Waals surface area (Å²) in [5, 5.41) is 15.6. The largest absolute Gasteiger partial charge is 0.494 e. The number of rotatable bonds is 5. The normalized spacial score (nSPS) is 22.2. The molecule has 1 fully saturated rings. The Labute approximate surface area is 113 Å². The van der Waals surface area contributed by atoms with E-state index >= 15 is 0 Å². The van der Waals surface area contributed by atoms with Crippen molar-refractivity contribution in [3.8, 4) is 5.75 Å². The van der Waals surface area contributed by atoms with Crippen LogP contribution in [0.3, 0.4) is 0 Å². The van der Waals surface area contributed by atoms with E-state index in [0.717, 1.165) is 6.54 Å². The number of β-amino-alcohol motifs (C(OH)–C–C–N with tert-alkyl or cyclic N) is 1. The lowest BCUT2D eigenvalue weighted by Crippen LogP contribution is -2.34. The van der Waals surface area contributed by atoms with Crippen LogP contribution in [-0.4, -0.2) is 43.4 Å². The van der Waals surface area contributed by atoms with E-state index in [4.69, 9.17) is 4.74 Å². The molecule has 2 rings (SSSR count).